The van der Waals surface area contributed by atoms with Crippen molar-refractivity contribution in [2.45, 2.75) is 41.9 Å². The van der Waals surface area contributed by atoms with Crippen LogP contribution in [0.25, 0.3) is 0 Å². The number of halogens is 1. The number of hydrogen-bond donors (Lipinski definition) is 3. The number of morpholine rings is 1. The van der Waals surface area contributed by atoms with Crippen molar-refractivity contribution in [1.82, 2.24) is 20.6 Å². The van der Waals surface area contributed by atoms with Crippen LogP contribution in [0.5, 0.6) is 0 Å². The molecule has 9 nitrogen and oxygen atoms in total. The highest BCUT2D eigenvalue weighted by molar-refractivity contribution is 7.99. The van der Waals surface area contributed by atoms with Gasteiger partial charge in [-0.15, -0.1) is 11.8 Å². The Balaban J connectivity index is 1.27. The zero-order valence-electron chi connectivity index (χ0n) is 24.9. The van der Waals surface area contributed by atoms with Gasteiger partial charge in [0.25, 0.3) is 0 Å². The van der Waals surface area contributed by atoms with Gasteiger partial charge in [0.2, 0.25) is 5.91 Å². The van der Waals surface area contributed by atoms with Crippen molar-refractivity contribution in [3.8, 4) is 0 Å². The van der Waals surface area contributed by atoms with E-state index in [9.17, 15) is 9.59 Å². The van der Waals surface area contributed by atoms with Crippen LogP contribution in [0.1, 0.15) is 29.2 Å². The molecule has 1 aliphatic rings. The molecule has 0 saturated carbocycles. The predicted molar refractivity (Wildman–Crippen MR) is 177 cm³/mol. The number of methoxy groups -OCH3 is 1. The topological polar surface area (TPSA) is 114 Å². The van der Waals surface area contributed by atoms with Crippen LogP contribution in [0.3, 0.4) is 0 Å². The average Bonchev–Trinajstić information content (AvgIpc) is 3.08. The van der Waals surface area contributed by atoms with Crippen LogP contribution in [0, 0.1) is 0 Å². The van der Waals surface area contributed by atoms with E-state index in [-0.39, 0.29) is 12.2 Å². The summed E-state index contributed by atoms with van der Waals surface area (Å²) in [5.74, 6) is 0.235. The molecule has 1 aromatic heterocycles. The second-order valence-electron chi connectivity index (χ2n) is 10.6. The van der Waals surface area contributed by atoms with E-state index in [1.54, 1.807) is 18.0 Å². The molecular formula is C34H36ClN5O4S. The maximum Gasteiger partial charge on any atom is 0.407 e. The minimum Gasteiger partial charge on any atom is -0.453 e. The van der Waals surface area contributed by atoms with Crippen molar-refractivity contribution in [1.29, 1.82) is 0 Å². The van der Waals surface area contributed by atoms with Crippen molar-refractivity contribution >= 4 is 41.2 Å². The second-order valence-corrected chi connectivity index (χ2v) is 12.1. The Hall–Kier alpha value is -3.96. The Kier molecular flexibility index (Phi) is 11.8. The van der Waals surface area contributed by atoms with Crippen LogP contribution in [0.15, 0.2) is 102 Å². The van der Waals surface area contributed by atoms with Crippen LogP contribution < -0.4 is 16.0 Å². The van der Waals surface area contributed by atoms with E-state index in [0.29, 0.717) is 24.4 Å². The first-order chi connectivity index (χ1) is 22.0. The van der Waals surface area contributed by atoms with Gasteiger partial charge in [0.1, 0.15) is 6.04 Å². The number of rotatable bonds is 12. The molecule has 0 spiro atoms. The molecular weight excluding hydrogens is 610 g/mol. The standard InChI is InChI=1S/C34H36ClN5O4S/c1-43-34(42)39-31(30(23-8-4-2-5-9-23)24-10-6-3-7-11-24)33(41)40-32-29(37-18-19-38-32)17-14-26-20-36-21-27(44-26)22-45-28-15-12-25(35)13-16-28/h2-13,15-16,18-19,26-27,30-31,36H,14,17,20-22H2,1H3,(H,39,42)(H,38,40,41)/t26-,27+,31?/m1/s1. The summed E-state index contributed by atoms with van der Waals surface area (Å²) in [5.41, 5.74) is 2.37. The molecule has 4 aromatic rings. The monoisotopic (exact) mass is 645 g/mol. The third-order valence-electron chi connectivity index (χ3n) is 7.49. The van der Waals surface area contributed by atoms with Gasteiger partial charge in [0.05, 0.1) is 25.0 Å². The fraction of sp³-hybridized carbons (Fsp3) is 0.294. The lowest BCUT2D eigenvalue weighted by atomic mass is 9.84. The Bertz CT molecular complexity index is 1490. The molecule has 5 rings (SSSR count). The molecule has 234 valence electrons. The summed E-state index contributed by atoms with van der Waals surface area (Å²) in [6.45, 7) is 1.51. The summed E-state index contributed by atoms with van der Waals surface area (Å²) in [5, 5.41) is 9.90. The van der Waals surface area contributed by atoms with E-state index < -0.39 is 24.0 Å². The average molecular weight is 646 g/mol. The predicted octanol–water partition coefficient (Wildman–Crippen LogP) is 5.71. The normalized spacial score (nSPS) is 17.0. The number of thioether (sulfide) groups is 1. The summed E-state index contributed by atoms with van der Waals surface area (Å²) < 4.78 is 11.3. The van der Waals surface area contributed by atoms with E-state index in [0.717, 1.165) is 39.9 Å². The zero-order chi connectivity index (χ0) is 31.4. The summed E-state index contributed by atoms with van der Waals surface area (Å²) in [4.78, 5) is 36.6. The fourth-order valence-electron chi connectivity index (χ4n) is 5.29. The molecule has 2 amide bonds. The first-order valence-corrected chi connectivity index (χ1v) is 16.2. The fourth-order valence-corrected chi connectivity index (χ4v) is 6.32. The molecule has 1 unspecified atom stereocenters. The third-order valence-corrected chi connectivity index (χ3v) is 8.89. The molecule has 0 bridgehead atoms. The van der Waals surface area contributed by atoms with Gasteiger partial charge in [-0.05, 0) is 48.2 Å². The number of amides is 2. The Labute approximate surface area is 272 Å². The molecule has 1 fully saturated rings. The Morgan fingerprint density at radius 1 is 0.956 bits per heavy atom. The number of carbonyl (C=O) groups is 2. The number of carbonyl (C=O) groups excluding carboxylic acids is 2. The van der Waals surface area contributed by atoms with Gasteiger partial charge in [0, 0.05) is 47.1 Å². The maximum atomic E-state index is 14.0. The number of nitrogens with one attached hydrogen (secondary N) is 3. The molecule has 45 heavy (non-hydrogen) atoms. The highest BCUT2D eigenvalue weighted by Crippen LogP contribution is 2.30. The lowest BCUT2D eigenvalue weighted by Gasteiger charge is -2.31. The molecule has 11 heteroatoms. The minimum atomic E-state index is -0.998. The van der Waals surface area contributed by atoms with Gasteiger partial charge in [-0.1, -0.05) is 72.3 Å². The summed E-state index contributed by atoms with van der Waals surface area (Å²) >= 11 is 7.75. The van der Waals surface area contributed by atoms with Crippen LogP contribution in [0.2, 0.25) is 5.02 Å². The van der Waals surface area contributed by atoms with E-state index >= 15 is 0 Å². The molecule has 3 aromatic carbocycles. The molecule has 0 radical (unpaired) electrons. The number of benzene rings is 3. The summed E-state index contributed by atoms with van der Waals surface area (Å²) in [6, 6.07) is 26.0. The van der Waals surface area contributed by atoms with E-state index in [1.165, 1.54) is 13.3 Å². The number of anilines is 1. The number of nitrogens with zero attached hydrogens (tertiary/aromatic N) is 2. The summed E-state index contributed by atoms with van der Waals surface area (Å²) in [7, 11) is 1.27. The number of ether oxygens (including phenoxy) is 2. The highest BCUT2D eigenvalue weighted by atomic mass is 35.5. The molecule has 1 saturated heterocycles. The van der Waals surface area contributed by atoms with Crippen molar-refractivity contribution < 1.29 is 19.1 Å². The SMILES string of the molecule is COC(=O)NC(C(=O)Nc1nccnc1CC[C@@H]1CNC[C@@H](CSc2ccc(Cl)cc2)O1)C(c1ccccc1)c1ccccc1. The van der Waals surface area contributed by atoms with Crippen molar-refractivity contribution in [3.63, 3.8) is 0 Å². The number of alkyl carbamates (subject to hydrolysis) is 1. The van der Waals surface area contributed by atoms with Crippen molar-refractivity contribution in [3.05, 3.63) is 119 Å². The highest BCUT2D eigenvalue weighted by Gasteiger charge is 2.33. The lowest BCUT2D eigenvalue weighted by molar-refractivity contribution is -0.118. The van der Waals surface area contributed by atoms with Crippen LogP contribution in [0.4, 0.5) is 10.6 Å². The van der Waals surface area contributed by atoms with Crippen LogP contribution in [-0.2, 0) is 20.7 Å². The van der Waals surface area contributed by atoms with Crippen LogP contribution in [-0.4, -0.2) is 66.2 Å². The van der Waals surface area contributed by atoms with Crippen LogP contribution >= 0.6 is 23.4 Å². The molecule has 2 heterocycles. The number of aryl methyl sites for hydroxylation is 1. The molecule has 3 N–H and O–H groups in total. The molecule has 0 aliphatic carbocycles. The van der Waals surface area contributed by atoms with E-state index in [1.807, 2.05) is 84.9 Å². The van der Waals surface area contributed by atoms with Gasteiger partial charge in [0.15, 0.2) is 5.82 Å². The van der Waals surface area contributed by atoms with Gasteiger partial charge in [-0.25, -0.2) is 9.78 Å². The van der Waals surface area contributed by atoms with Gasteiger partial charge >= 0.3 is 6.09 Å². The van der Waals surface area contributed by atoms with Crippen molar-refractivity contribution in [2.75, 3.05) is 31.3 Å². The Morgan fingerprint density at radius 2 is 1.60 bits per heavy atom. The van der Waals surface area contributed by atoms with Gasteiger partial charge < -0.3 is 25.4 Å². The first kappa shape index (κ1) is 32.4. The lowest BCUT2D eigenvalue weighted by Crippen LogP contribution is -2.48. The number of aromatic nitrogens is 2. The quantitative estimate of drug-likeness (QED) is 0.168. The molecule has 3 atom stereocenters. The third kappa shape index (κ3) is 9.27. The minimum absolute atomic E-state index is 0.0191. The first-order valence-electron chi connectivity index (χ1n) is 14.8. The number of hydrogen-bond acceptors (Lipinski definition) is 8. The maximum absolute atomic E-state index is 14.0. The molecule has 1 aliphatic heterocycles. The summed E-state index contributed by atoms with van der Waals surface area (Å²) in [6.07, 6.45) is 3.71. The second kappa shape index (κ2) is 16.4. The smallest absolute Gasteiger partial charge is 0.407 e. The van der Waals surface area contributed by atoms with Crippen molar-refractivity contribution in [2.24, 2.45) is 0 Å². The largest absolute Gasteiger partial charge is 0.453 e. The van der Waals surface area contributed by atoms with Gasteiger partial charge in [-0.2, -0.15) is 0 Å². The van der Waals surface area contributed by atoms with Gasteiger partial charge in [-0.3, -0.25) is 9.78 Å². The van der Waals surface area contributed by atoms with E-state index in [4.69, 9.17) is 21.1 Å². The Morgan fingerprint density at radius 3 is 2.27 bits per heavy atom. The zero-order valence-corrected chi connectivity index (χ0v) is 26.5. The van der Waals surface area contributed by atoms with E-state index in [2.05, 4.69) is 25.9 Å².